The molecule has 2 atom stereocenters. The Morgan fingerprint density at radius 2 is 2.26 bits per heavy atom. The van der Waals surface area contributed by atoms with Gasteiger partial charge in [0.2, 0.25) is 0 Å². The Hall–Kier alpha value is -1.90. The summed E-state index contributed by atoms with van der Waals surface area (Å²) in [5.74, 6) is -0.842. The summed E-state index contributed by atoms with van der Waals surface area (Å²) in [7, 11) is 0. The number of nitrogens with zero attached hydrogens (tertiary/aromatic N) is 2. The number of benzene rings is 1. The van der Waals surface area contributed by atoms with Crippen LogP contribution in [0.4, 0.5) is 0 Å². The van der Waals surface area contributed by atoms with Crippen LogP contribution in [0.5, 0.6) is 0 Å². The lowest BCUT2D eigenvalue weighted by Gasteiger charge is -2.38. The third-order valence-corrected chi connectivity index (χ3v) is 3.44. The molecule has 0 spiro atoms. The summed E-state index contributed by atoms with van der Waals surface area (Å²) in [6, 6.07) is 11.1. The fourth-order valence-corrected chi connectivity index (χ4v) is 2.51. The van der Waals surface area contributed by atoms with E-state index in [-0.39, 0.29) is 6.04 Å². The van der Waals surface area contributed by atoms with Gasteiger partial charge in [-0.2, -0.15) is 5.26 Å². The smallest absolute Gasteiger partial charge is 0.322 e. The largest absolute Gasteiger partial charge is 0.480 e. The van der Waals surface area contributed by atoms with Crippen molar-refractivity contribution >= 4 is 5.97 Å². The van der Waals surface area contributed by atoms with Crippen LogP contribution in [0.1, 0.15) is 18.0 Å². The maximum Gasteiger partial charge on any atom is 0.322 e. The Morgan fingerprint density at radius 1 is 1.53 bits per heavy atom. The van der Waals surface area contributed by atoms with E-state index >= 15 is 0 Å². The van der Waals surface area contributed by atoms with Crippen LogP contribution in [0.25, 0.3) is 0 Å². The van der Waals surface area contributed by atoms with Gasteiger partial charge < -0.3 is 10.4 Å². The minimum absolute atomic E-state index is 0.158. The lowest BCUT2D eigenvalue weighted by atomic mass is 9.99. The Morgan fingerprint density at radius 3 is 2.89 bits per heavy atom. The van der Waals surface area contributed by atoms with Crippen molar-refractivity contribution in [2.75, 3.05) is 19.6 Å². The molecule has 1 heterocycles. The number of carboxylic acids is 1. The van der Waals surface area contributed by atoms with Crippen molar-refractivity contribution in [2.45, 2.75) is 18.5 Å². The van der Waals surface area contributed by atoms with Gasteiger partial charge in [-0.15, -0.1) is 0 Å². The summed E-state index contributed by atoms with van der Waals surface area (Å²) in [4.78, 5) is 13.3. The fraction of sp³-hybridized carbons (Fsp3) is 0.429. The van der Waals surface area contributed by atoms with Crippen LogP contribution in [0.15, 0.2) is 30.3 Å². The Balaban J connectivity index is 2.27. The Kier molecular flexibility index (Phi) is 4.50. The van der Waals surface area contributed by atoms with Gasteiger partial charge >= 0.3 is 5.97 Å². The highest BCUT2D eigenvalue weighted by molar-refractivity contribution is 5.74. The molecule has 19 heavy (non-hydrogen) atoms. The highest BCUT2D eigenvalue weighted by Gasteiger charge is 2.33. The van der Waals surface area contributed by atoms with E-state index in [2.05, 4.69) is 11.4 Å². The van der Waals surface area contributed by atoms with Gasteiger partial charge in [0.05, 0.1) is 12.5 Å². The molecule has 100 valence electrons. The molecule has 0 aromatic heterocycles. The Labute approximate surface area is 112 Å². The second-order valence-electron chi connectivity index (χ2n) is 4.58. The highest BCUT2D eigenvalue weighted by Crippen LogP contribution is 2.26. The van der Waals surface area contributed by atoms with Crippen molar-refractivity contribution < 1.29 is 9.90 Å². The summed E-state index contributed by atoms with van der Waals surface area (Å²) in [6.45, 7) is 1.81. The summed E-state index contributed by atoms with van der Waals surface area (Å²) in [5.41, 5.74) is 0.997. The molecule has 0 bridgehead atoms. The molecule has 5 nitrogen and oxygen atoms in total. The molecule has 2 N–H and O–H groups in total. The van der Waals surface area contributed by atoms with Gasteiger partial charge in [-0.1, -0.05) is 30.3 Å². The van der Waals surface area contributed by atoms with Crippen LogP contribution in [0.3, 0.4) is 0 Å². The number of piperazine rings is 1. The number of carbonyl (C=O) groups is 1. The van der Waals surface area contributed by atoms with E-state index in [1.165, 1.54) is 0 Å². The van der Waals surface area contributed by atoms with Crippen molar-refractivity contribution in [3.8, 4) is 6.07 Å². The van der Waals surface area contributed by atoms with Gasteiger partial charge in [0.1, 0.15) is 6.04 Å². The van der Waals surface area contributed by atoms with Crippen LogP contribution >= 0.6 is 0 Å². The first-order valence-corrected chi connectivity index (χ1v) is 6.35. The standard InChI is InChI=1S/C14H17N3O2/c15-7-6-12(11-4-2-1-3-5-11)17-9-8-16-10-13(17)14(18)19/h1-5,12-13,16H,6,8-10H2,(H,18,19). The SMILES string of the molecule is N#CCC(c1ccccc1)N1CCNCC1C(=O)O. The van der Waals surface area contributed by atoms with Gasteiger partial charge in [0.15, 0.2) is 0 Å². The number of aliphatic carboxylic acids is 1. The van der Waals surface area contributed by atoms with E-state index in [0.717, 1.165) is 12.1 Å². The highest BCUT2D eigenvalue weighted by atomic mass is 16.4. The van der Waals surface area contributed by atoms with Gasteiger partial charge in [-0.25, -0.2) is 0 Å². The topological polar surface area (TPSA) is 76.4 Å². The van der Waals surface area contributed by atoms with Crippen LogP contribution in [-0.2, 0) is 4.79 Å². The summed E-state index contributed by atoms with van der Waals surface area (Å²) in [5, 5.41) is 21.4. The Bertz CT molecular complexity index is 469. The number of rotatable bonds is 4. The van der Waals surface area contributed by atoms with Crippen LogP contribution < -0.4 is 5.32 Å². The molecule has 2 unspecified atom stereocenters. The molecular formula is C14H17N3O2. The quantitative estimate of drug-likeness (QED) is 0.843. The van der Waals surface area contributed by atoms with Crippen molar-refractivity contribution in [2.24, 2.45) is 0 Å². The fourth-order valence-electron chi connectivity index (χ4n) is 2.51. The van der Waals surface area contributed by atoms with Gasteiger partial charge in [0.25, 0.3) is 0 Å². The summed E-state index contributed by atoms with van der Waals surface area (Å²) < 4.78 is 0. The summed E-state index contributed by atoms with van der Waals surface area (Å²) in [6.07, 6.45) is 0.299. The second-order valence-corrected chi connectivity index (χ2v) is 4.58. The molecule has 1 saturated heterocycles. The van der Waals surface area contributed by atoms with Crippen molar-refractivity contribution in [3.63, 3.8) is 0 Å². The van der Waals surface area contributed by atoms with Crippen molar-refractivity contribution in [1.29, 1.82) is 5.26 Å². The van der Waals surface area contributed by atoms with E-state index < -0.39 is 12.0 Å². The molecule has 1 fully saturated rings. The maximum absolute atomic E-state index is 11.3. The number of nitrogens with one attached hydrogen (secondary N) is 1. The number of hydrogen-bond donors (Lipinski definition) is 2. The summed E-state index contributed by atoms with van der Waals surface area (Å²) >= 11 is 0. The average Bonchev–Trinajstić information content (AvgIpc) is 2.45. The molecule has 1 aliphatic heterocycles. The molecule has 0 saturated carbocycles. The van der Waals surface area contributed by atoms with Gasteiger partial charge in [-0.05, 0) is 5.56 Å². The number of hydrogen-bond acceptors (Lipinski definition) is 4. The zero-order valence-corrected chi connectivity index (χ0v) is 10.6. The molecule has 0 aliphatic carbocycles. The molecule has 1 aromatic rings. The monoisotopic (exact) mass is 259 g/mol. The van der Waals surface area contributed by atoms with Gasteiger partial charge in [-0.3, -0.25) is 9.69 Å². The first-order chi connectivity index (χ1) is 9.24. The minimum atomic E-state index is -0.842. The maximum atomic E-state index is 11.3. The molecule has 0 amide bonds. The first-order valence-electron chi connectivity index (χ1n) is 6.35. The van der Waals surface area contributed by atoms with E-state index in [0.29, 0.717) is 19.5 Å². The van der Waals surface area contributed by atoms with Crippen LogP contribution in [0, 0.1) is 11.3 Å². The molecule has 2 rings (SSSR count). The van der Waals surface area contributed by atoms with Crippen molar-refractivity contribution in [3.05, 3.63) is 35.9 Å². The van der Waals surface area contributed by atoms with Crippen LogP contribution in [0.2, 0.25) is 0 Å². The van der Waals surface area contributed by atoms with E-state index in [4.69, 9.17) is 5.26 Å². The predicted molar refractivity (Wildman–Crippen MR) is 70.4 cm³/mol. The third-order valence-electron chi connectivity index (χ3n) is 3.44. The lowest BCUT2D eigenvalue weighted by molar-refractivity contribution is -0.145. The number of nitriles is 1. The second kappa shape index (κ2) is 6.32. The minimum Gasteiger partial charge on any atom is -0.480 e. The normalized spacial score (nSPS) is 21.5. The zero-order valence-electron chi connectivity index (χ0n) is 10.6. The third kappa shape index (κ3) is 3.11. The van der Waals surface area contributed by atoms with Gasteiger partial charge in [0, 0.05) is 25.7 Å². The molecular weight excluding hydrogens is 242 g/mol. The predicted octanol–water partition coefficient (Wildman–Crippen LogP) is 1.000. The molecule has 0 radical (unpaired) electrons. The number of carboxylic acid groups (broad SMARTS) is 1. The van der Waals surface area contributed by atoms with Crippen molar-refractivity contribution in [1.82, 2.24) is 10.2 Å². The van der Waals surface area contributed by atoms with E-state index in [9.17, 15) is 9.90 Å². The molecule has 1 aromatic carbocycles. The lowest BCUT2D eigenvalue weighted by Crippen LogP contribution is -2.55. The van der Waals surface area contributed by atoms with E-state index in [1.807, 2.05) is 35.2 Å². The van der Waals surface area contributed by atoms with E-state index in [1.54, 1.807) is 0 Å². The first kappa shape index (κ1) is 13.5. The zero-order chi connectivity index (χ0) is 13.7. The average molecular weight is 259 g/mol. The molecule has 1 aliphatic rings. The van der Waals surface area contributed by atoms with Crippen LogP contribution in [-0.4, -0.2) is 41.7 Å². The molecule has 5 heteroatoms.